The van der Waals surface area contributed by atoms with Crippen molar-refractivity contribution in [1.29, 1.82) is 0 Å². The topological polar surface area (TPSA) is 77.4 Å². The van der Waals surface area contributed by atoms with Gasteiger partial charge >= 0.3 is 5.97 Å². The number of halogens is 1. The number of likely N-dealkylation sites (N-methyl/N-ethyl adjacent to an activating group) is 1. The molecule has 38 heavy (non-hydrogen) atoms. The number of benzene rings is 3. The normalized spacial score (nSPS) is 15.3. The Morgan fingerprint density at radius 3 is 2.55 bits per heavy atom. The second kappa shape index (κ2) is 12.8. The summed E-state index contributed by atoms with van der Waals surface area (Å²) in [5, 5.41) is 0.547. The maximum Gasteiger partial charge on any atom is 0.338 e. The Bertz CT molecular complexity index is 1390. The Balaban J connectivity index is 1.53. The van der Waals surface area contributed by atoms with E-state index in [0.717, 1.165) is 15.6 Å². The van der Waals surface area contributed by atoms with Crippen LogP contribution in [0.1, 0.15) is 35.3 Å². The van der Waals surface area contributed by atoms with E-state index in [1.807, 2.05) is 55.5 Å². The molecular formula is C29H27BrN2O5S. The van der Waals surface area contributed by atoms with Gasteiger partial charge in [-0.1, -0.05) is 40.2 Å². The molecule has 196 valence electrons. The molecule has 0 bridgehead atoms. The van der Waals surface area contributed by atoms with Gasteiger partial charge in [0.2, 0.25) is 0 Å². The Morgan fingerprint density at radius 2 is 1.84 bits per heavy atom. The molecule has 0 atom stereocenters. The van der Waals surface area contributed by atoms with E-state index < -0.39 is 5.97 Å². The molecule has 4 rings (SSSR count). The average Bonchev–Trinajstić information content (AvgIpc) is 3.22. The van der Waals surface area contributed by atoms with Crippen LogP contribution in [0.5, 0.6) is 11.5 Å². The number of rotatable bonds is 9. The highest BCUT2D eigenvalue weighted by molar-refractivity contribution is 9.10. The number of amidine groups is 1. The number of hydrogen-bond donors (Lipinski definition) is 0. The molecule has 0 radical (unpaired) electrons. The van der Waals surface area contributed by atoms with Gasteiger partial charge in [-0.15, -0.1) is 0 Å². The molecule has 1 amide bonds. The summed E-state index contributed by atoms with van der Waals surface area (Å²) in [5.74, 6) is 0.647. The number of carbonyl (C=O) groups excluding carboxylic acids is 2. The van der Waals surface area contributed by atoms with Gasteiger partial charge in [0.25, 0.3) is 5.91 Å². The summed E-state index contributed by atoms with van der Waals surface area (Å²) in [6, 6.07) is 20.3. The largest absolute Gasteiger partial charge is 0.493 e. The molecule has 3 aromatic carbocycles. The van der Waals surface area contributed by atoms with Crippen molar-refractivity contribution in [2.45, 2.75) is 20.5 Å². The van der Waals surface area contributed by atoms with E-state index in [9.17, 15) is 9.59 Å². The van der Waals surface area contributed by atoms with Crippen LogP contribution in [0.15, 0.2) is 81.1 Å². The summed E-state index contributed by atoms with van der Waals surface area (Å²) < 4.78 is 17.6. The molecule has 1 saturated heterocycles. The highest BCUT2D eigenvalue weighted by Crippen LogP contribution is 2.36. The van der Waals surface area contributed by atoms with Crippen molar-refractivity contribution in [3.05, 3.63) is 92.8 Å². The molecule has 1 aliphatic rings. The first-order valence-corrected chi connectivity index (χ1v) is 13.6. The number of hydrogen-bond acceptors (Lipinski definition) is 7. The van der Waals surface area contributed by atoms with Crippen LogP contribution in [0, 0.1) is 0 Å². The molecule has 0 aromatic heterocycles. The van der Waals surface area contributed by atoms with Crippen LogP contribution in [0.3, 0.4) is 0 Å². The highest BCUT2D eigenvalue weighted by atomic mass is 79.9. The quantitative estimate of drug-likeness (QED) is 0.199. The molecule has 0 unspecified atom stereocenters. The Labute approximate surface area is 234 Å². The van der Waals surface area contributed by atoms with Gasteiger partial charge in [0.1, 0.15) is 6.61 Å². The van der Waals surface area contributed by atoms with Gasteiger partial charge in [-0.05, 0) is 85.3 Å². The maximum atomic E-state index is 13.1. The van der Waals surface area contributed by atoms with Gasteiger partial charge < -0.3 is 14.2 Å². The predicted octanol–water partition coefficient (Wildman–Crippen LogP) is 6.84. The van der Waals surface area contributed by atoms with E-state index in [2.05, 4.69) is 20.9 Å². The summed E-state index contributed by atoms with van der Waals surface area (Å²) in [6.07, 6.45) is 1.81. The minimum absolute atomic E-state index is 0.132. The fourth-order valence-electron chi connectivity index (χ4n) is 3.68. The molecule has 1 heterocycles. The Kier molecular flexibility index (Phi) is 9.25. The van der Waals surface area contributed by atoms with Gasteiger partial charge in [-0.2, -0.15) is 0 Å². The number of amides is 1. The molecule has 0 N–H and O–H groups in total. The number of ether oxygens (including phenoxy) is 3. The van der Waals surface area contributed by atoms with Crippen molar-refractivity contribution in [3.63, 3.8) is 0 Å². The van der Waals surface area contributed by atoms with E-state index in [0.29, 0.717) is 52.6 Å². The van der Waals surface area contributed by atoms with Crippen LogP contribution < -0.4 is 9.47 Å². The van der Waals surface area contributed by atoms with Crippen molar-refractivity contribution in [1.82, 2.24) is 4.90 Å². The van der Waals surface area contributed by atoms with Gasteiger partial charge in [0, 0.05) is 11.0 Å². The molecule has 9 heteroatoms. The summed E-state index contributed by atoms with van der Waals surface area (Å²) in [4.78, 5) is 32.0. The third-order valence-corrected chi connectivity index (χ3v) is 7.11. The van der Waals surface area contributed by atoms with Crippen molar-refractivity contribution in [2.75, 3.05) is 20.3 Å². The third kappa shape index (κ3) is 6.65. The minimum Gasteiger partial charge on any atom is -0.493 e. The van der Waals surface area contributed by atoms with Crippen LogP contribution >= 0.6 is 27.7 Å². The fourth-order valence-corrected chi connectivity index (χ4v) is 5.01. The number of esters is 1. The average molecular weight is 596 g/mol. The van der Waals surface area contributed by atoms with Crippen LogP contribution in [-0.4, -0.2) is 42.2 Å². The summed E-state index contributed by atoms with van der Waals surface area (Å²) >= 11 is 4.72. The van der Waals surface area contributed by atoms with Crippen molar-refractivity contribution >= 4 is 56.5 Å². The number of nitrogens with zero attached hydrogens (tertiary/aromatic N) is 2. The first-order valence-electron chi connectivity index (χ1n) is 12.0. The fraction of sp³-hybridized carbons (Fsp3) is 0.207. The number of thioether (sulfide) groups is 1. The number of aliphatic imine (C=N–C) groups is 1. The second-order valence-corrected chi connectivity index (χ2v) is 10.1. The molecule has 0 aliphatic carbocycles. The van der Waals surface area contributed by atoms with Crippen molar-refractivity contribution in [3.8, 4) is 11.5 Å². The van der Waals surface area contributed by atoms with E-state index in [4.69, 9.17) is 14.2 Å². The lowest BCUT2D eigenvalue weighted by molar-refractivity contribution is -0.122. The van der Waals surface area contributed by atoms with E-state index in [1.165, 1.54) is 11.8 Å². The highest BCUT2D eigenvalue weighted by Gasteiger charge is 2.32. The van der Waals surface area contributed by atoms with Crippen LogP contribution in [0.4, 0.5) is 5.69 Å². The lowest BCUT2D eigenvalue weighted by Crippen LogP contribution is -2.28. The monoisotopic (exact) mass is 594 g/mol. The molecule has 1 aliphatic heterocycles. The van der Waals surface area contributed by atoms with E-state index in [1.54, 1.807) is 43.2 Å². The van der Waals surface area contributed by atoms with Crippen molar-refractivity contribution in [2.24, 2.45) is 4.99 Å². The zero-order valence-corrected chi connectivity index (χ0v) is 23.7. The Morgan fingerprint density at radius 1 is 1.05 bits per heavy atom. The first kappa shape index (κ1) is 27.5. The van der Waals surface area contributed by atoms with E-state index in [-0.39, 0.29) is 5.91 Å². The number of methoxy groups -OCH3 is 1. The molecule has 0 saturated carbocycles. The SMILES string of the molecule is CCOC(=O)c1cccc(N=C2SC(=Cc3ccc(OCc4ccc(Br)cc4)c(OC)c3)C(=O)N2CC)c1. The molecule has 0 spiro atoms. The summed E-state index contributed by atoms with van der Waals surface area (Å²) in [7, 11) is 1.59. The van der Waals surface area contributed by atoms with E-state index >= 15 is 0 Å². The number of carbonyl (C=O) groups is 2. The van der Waals surface area contributed by atoms with Gasteiger partial charge in [-0.3, -0.25) is 9.69 Å². The molecular weight excluding hydrogens is 568 g/mol. The first-order chi connectivity index (χ1) is 18.4. The van der Waals surface area contributed by atoms with Crippen molar-refractivity contribution < 1.29 is 23.8 Å². The van der Waals surface area contributed by atoms with Crippen LogP contribution in [-0.2, 0) is 16.1 Å². The smallest absolute Gasteiger partial charge is 0.338 e. The lowest BCUT2D eigenvalue weighted by Gasteiger charge is -2.12. The molecule has 1 fully saturated rings. The van der Waals surface area contributed by atoms with Gasteiger partial charge in [0.05, 0.1) is 29.9 Å². The zero-order valence-electron chi connectivity index (χ0n) is 21.3. The summed E-state index contributed by atoms with van der Waals surface area (Å²) in [6.45, 7) is 4.82. The Hall–Kier alpha value is -3.56. The van der Waals surface area contributed by atoms with Gasteiger partial charge in [0.15, 0.2) is 16.7 Å². The van der Waals surface area contributed by atoms with Crippen LogP contribution in [0.2, 0.25) is 0 Å². The maximum absolute atomic E-state index is 13.1. The molecule has 3 aromatic rings. The van der Waals surface area contributed by atoms with Gasteiger partial charge in [-0.25, -0.2) is 9.79 Å². The minimum atomic E-state index is -0.407. The predicted molar refractivity (Wildman–Crippen MR) is 154 cm³/mol. The standard InChI is InChI=1S/C29H27BrN2O5S/c1-4-32-27(33)26(38-29(32)31-23-8-6-7-21(17-23)28(34)36-5-2)16-20-11-14-24(25(15-20)35-3)37-18-19-9-12-22(30)13-10-19/h6-17H,4-5,18H2,1-3H3. The third-order valence-electron chi connectivity index (χ3n) is 5.58. The van der Waals surface area contributed by atoms with Crippen LogP contribution in [0.25, 0.3) is 6.08 Å². The lowest BCUT2D eigenvalue weighted by atomic mass is 10.1. The summed E-state index contributed by atoms with van der Waals surface area (Å²) in [5.41, 5.74) is 2.82. The zero-order chi connectivity index (χ0) is 27.1. The molecule has 7 nitrogen and oxygen atoms in total. The second-order valence-electron chi connectivity index (χ2n) is 8.15.